The highest BCUT2D eigenvalue weighted by Gasteiger charge is 2.24. The molecule has 0 unspecified atom stereocenters. The van der Waals surface area contributed by atoms with Gasteiger partial charge in [-0.1, -0.05) is 12.1 Å². The SMILES string of the molecule is Cl.OCCC[C@H](c1cccc(F)c1Br)N1CCNCC1. The Morgan fingerprint density at radius 1 is 1.35 bits per heavy atom. The highest BCUT2D eigenvalue weighted by atomic mass is 79.9. The minimum atomic E-state index is -0.221. The Kier molecular flexibility index (Phi) is 7.99. The molecule has 1 atom stereocenters. The summed E-state index contributed by atoms with van der Waals surface area (Å²) in [6.07, 6.45) is 1.58. The van der Waals surface area contributed by atoms with Gasteiger partial charge in [-0.15, -0.1) is 12.4 Å². The average molecular weight is 368 g/mol. The quantitative estimate of drug-likeness (QED) is 0.840. The minimum absolute atomic E-state index is 0. The lowest BCUT2D eigenvalue weighted by atomic mass is 9.99. The van der Waals surface area contributed by atoms with Crippen molar-refractivity contribution in [2.24, 2.45) is 0 Å². The molecule has 1 saturated heterocycles. The van der Waals surface area contributed by atoms with Crippen LogP contribution in [-0.4, -0.2) is 42.8 Å². The maximum atomic E-state index is 13.7. The molecule has 6 heteroatoms. The summed E-state index contributed by atoms with van der Waals surface area (Å²) < 4.78 is 14.3. The standard InChI is InChI=1S/C14H20BrFN2O.ClH/c15-14-11(3-1-4-12(14)16)13(5-2-10-19)18-8-6-17-7-9-18;/h1,3-4,13,17,19H,2,5-10H2;1H/t13-;/m1./s1. The molecule has 3 nitrogen and oxygen atoms in total. The van der Waals surface area contributed by atoms with Crippen molar-refractivity contribution in [3.05, 3.63) is 34.1 Å². The van der Waals surface area contributed by atoms with Gasteiger partial charge in [0.2, 0.25) is 0 Å². The first-order chi connectivity index (χ1) is 9.24. The van der Waals surface area contributed by atoms with Gasteiger partial charge < -0.3 is 10.4 Å². The first-order valence-electron chi connectivity index (χ1n) is 6.73. The molecule has 20 heavy (non-hydrogen) atoms. The summed E-state index contributed by atoms with van der Waals surface area (Å²) in [6, 6.07) is 5.36. The zero-order valence-corrected chi connectivity index (χ0v) is 13.7. The molecule has 0 spiro atoms. The van der Waals surface area contributed by atoms with Crippen molar-refractivity contribution in [3.8, 4) is 0 Å². The van der Waals surface area contributed by atoms with Crippen LogP contribution in [0.1, 0.15) is 24.4 Å². The highest BCUT2D eigenvalue weighted by Crippen LogP contribution is 2.33. The van der Waals surface area contributed by atoms with Crippen molar-refractivity contribution >= 4 is 28.3 Å². The normalized spacial score (nSPS) is 17.6. The zero-order chi connectivity index (χ0) is 13.7. The largest absolute Gasteiger partial charge is 0.396 e. The molecule has 0 saturated carbocycles. The second-order valence-corrected chi connectivity index (χ2v) is 5.60. The third-order valence-electron chi connectivity index (χ3n) is 3.57. The molecule has 0 aromatic heterocycles. The summed E-state index contributed by atoms with van der Waals surface area (Å²) in [6.45, 7) is 4.01. The van der Waals surface area contributed by atoms with Crippen LogP contribution >= 0.6 is 28.3 Å². The van der Waals surface area contributed by atoms with Crippen molar-refractivity contribution in [1.82, 2.24) is 10.2 Å². The van der Waals surface area contributed by atoms with E-state index in [9.17, 15) is 4.39 Å². The third kappa shape index (κ3) is 4.40. The van der Waals surface area contributed by atoms with Gasteiger partial charge >= 0.3 is 0 Å². The van der Waals surface area contributed by atoms with E-state index in [-0.39, 0.29) is 30.9 Å². The van der Waals surface area contributed by atoms with E-state index in [1.807, 2.05) is 6.07 Å². The van der Waals surface area contributed by atoms with Crippen LogP contribution in [0.2, 0.25) is 0 Å². The van der Waals surface area contributed by atoms with Crippen molar-refractivity contribution in [1.29, 1.82) is 0 Å². The van der Waals surface area contributed by atoms with Crippen molar-refractivity contribution in [2.45, 2.75) is 18.9 Å². The topological polar surface area (TPSA) is 35.5 Å². The highest BCUT2D eigenvalue weighted by molar-refractivity contribution is 9.10. The fourth-order valence-corrected chi connectivity index (χ4v) is 3.12. The number of aliphatic hydroxyl groups is 1. The lowest BCUT2D eigenvalue weighted by Gasteiger charge is -2.35. The van der Waals surface area contributed by atoms with E-state index in [1.54, 1.807) is 6.07 Å². The number of rotatable bonds is 5. The summed E-state index contributed by atoms with van der Waals surface area (Å²) in [5.41, 5.74) is 0.982. The van der Waals surface area contributed by atoms with Gasteiger partial charge in [-0.3, -0.25) is 4.90 Å². The predicted molar refractivity (Wildman–Crippen MR) is 84.9 cm³/mol. The molecule has 2 N–H and O–H groups in total. The molecule has 1 aliphatic heterocycles. The number of hydrogen-bond acceptors (Lipinski definition) is 3. The monoisotopic (exact) mass is 366 g/mol. The number of nitrogens with zero attached hydrogens (tertiary/aromatic N) is 1. The molecule has 0 radical (unpaired) electrons. The number of aliphatic hydroxyl groups excluding tert-OH is 1. The van der Waals surface area contributed by atoms with Crippen LogP contribution in [0.25, 0.3) is 0 Å². The van der Waals surface area contributed by atoms with Crippen LogP contribution in [0.5, 0.6) is 0 Å². The van der Waals surface area contributed by atoms with E-state index in [2.05, 4.69) is 26.1 Å². The third-order valence-corrected chi connectivity index (χ3v) is 4.41. The molecule has 1 aliphatic rings. The first kappa shape index (κ1) is 17.9. The van der Waals surface area contributed by atoms with Crippen molar-refractivity contribution in [3.63, 3.8) is 0 Å². The van der Waals surface area contributed by atoms with Gasteiger partial charge in [-0.05, 0) is 40.4 Å². The predicted octanol–water partition coefficient (Wildman–Crippen LogP) is 2.73. The van der Waals surface area contributed by atoms with Gasteiger partial charge in [0.25, 0.3) is 0 Å². The fraction of sp³-hybridized carbons (Fsp3) is 0.571. The Balaban J connectivity index is 0.00000200. The fourth-order valence-electron chi connectivity index (χ4n) is 2.59. The van der Waals surface area contributed by atoms with Crippen LogP contribution in [0.4, 0.5) is 4.39 Å². The van der Waals surface area contributed by atoms with Gasteiger partial charge in [-0.2, -0.15) is 0 Å². The smallest absolute Gasteiger partial charge is 0.137 e. The lowest BCUT2D eigenvalue weighted by Crippen LogP contribution is -2.45. The summed E-state index contributed by atoms with van der Waals surface area (Å²) >= 11 is 3.36. The Labute approximate surface area is 134 Å². The van der Waals surface area contributed by atoms with Gasteiger partial charge in [-0.25, -0.2) is 4.39 Å². The minimum Gasteiger partial charge on any atom is -0.396 e. The molecule has 1 fully saturated rings. The number of piperazine rings is 1. The Morgan fingerprint density at radius 3 is 2.70 bits per heavy atom. The second kappa shape index (κ2) is 8.95. The van der Waals surface area contributed by atoms with Gasteiger partial charge in [0, 0.05) is 38.8 Å². The second-order valence-electron chi connectivity index (χ2n) is 4.81. The van der Waals surface area contributed by atoms with Crippen LogP contribution in [-0.2, 0) is 0 Å². The molecule has 0 aliphatic carbocycles. The summed E-state index contributed by atoms with van der Waals surface area (Å²) in [4.78, 5) is 2.37. The number of halogens is 3. The van der Waals surface area contributed by atoms with Crippen molar-refractivity contribution < 1.29 is 9.50 Å². The van der Waals surface area contributed by atoms with Gasteiger partial charge in [0.15, 0.2) is 0 Å². The van der Waals surface area contributed by atoms with Crippen LogP contribution in [0.3, 0.4) is 0 Å². The molecule has 1 aromatic carbocycles. The Hall–Kier alpha value is -0.200. The molecule has 0 bridgehead atoms. The van der Waals surface area contributed by atoms with Crippen LogP contribution < -0.4 is 5.32 Å². The van der Waals surface area contributed by atoms with Gasteiger partial charge in [0.05, 0.1) is 4.47 Å². The van der Waals surface area contributed by atoms with Crippen molar-refractivity contribution in [2.75, 3.05) is 32.8 Å². The average Bonchev–Trinajstić information content (AvgIpc) is 2.45. The van der Waals surface area contributed by atoms with E-state index in [1.165, 1.54) is 6.07 Å². The van der Waals surface area contributed by atoms with E-state index < -0.39 is 0 Å². The molecule has 0 amide bonds. The van der Waals surface area contributed by atoms with E-state index in [0.29, 0.717) is 4.47 Å². The van der Waals surface area contributed by atoms with Crippen LogP contribution in [0.15, 0.2) is 22.7 Å². The van der Waals surface area contributed by atoms with Crippen LogP contribution in [0, 0.1) is 5.82 Å². The Bertz CT molecular complexity index is 416. The molecule has 2 rings (SSSR count). The number of hydrogen-bond donors (Lipinski definition) is 2. The summed E-state index contributed by atoms with van der Waals surface area (Å²) in [5, 5.41) is 12.4. The van der Waals surface area contributed by atoms with E-state index in [0.717, 1.165) is 44.6 Å². The maximum Gasteiger partial charge on any atom is 0.137 e. The maximum absolute atomic E-state index is 13.7. The molecule has 114 valence electrons. The Morgan fingerprint density at radius 2 is 2.05 bits per heavy atom. The van der Waals surface area contributed by atoms with E-state index >= 15 is 0 Å². The molecule has 1 aromatic rings. The zero-order valence-electron chi connectivity index (χ0n) is 11.3. The summed E-state index contributed by atoms with van der Waals surface area (Å²) in [7, 11) is 0. The number of nitrogens with one attached hydrogen (secondary N) is 1. The molecular formula is C14H21BrClFN2O. The van der Waals surface area contributed by atoms with E-state index in [4.69, 9.17) is 5.11 Å². The molecule has 1 heterocycles. The molecular weight excluding hydrogens is 347 g/mol. The lowest BCUT2D eigenvalue weighted by molar-refractivity contribution is 0.154. The van der Waals surface area contributed by atoms with Gasteiger partial charge in [0.1, 0.15) is 5.82 Å². The first-order valence-corrected chi connectivity index (χ1v) is 7.53. The summed E-state index contributed by atoms with van der Waals surface area (Å²) in [5.74, 6) is -0.221. The number of benzene rings is 1.